The van der Waals surface area contributed by atoms with Crippen molar-refractivity contribution < 1.29 is 4.79 Å². The van der Waals surface area contributed by atoms with E-state index in [1.807, 2.05) is 44.5 Å². The summed E-state index contributed by atoms with van der Waals surface area (Å²) in [4.78, 5) is 24.1. The molecule has 0 saturated heterocycles. The molecule has 19 heavy (non-hydrogen) atoms. The fourth-order valence-corrected chi connectivity index (χ4v) is 2.19. The molecule has 0 unspecified atom stereocenters. The van der Waals surface area contributed by atoms with E-state index >= 15 is 0 Å². The van der Waals surface area contributed by atoms with Crippen molar-refractivity contribution >= 4 is 5.78 Å². The van der Waals surface area contributed by atoms with Gasteiger partial charge in [0.05, 0.1) is 6.54 Å². The number of hydrogen-bond acceptors (Lipinski definition) is 2. The van der Waals surface area contributed by atoms with Crippen LogP contribution in [0, 0.1) is 20.8 Å². The van der Waals surface area contributed by atoms with Crippen LogP contribution in [0.2, 0.25) is 0 Å². The lowest BCUT2D eigenvalue weighted by atomic mass is 10.1. The number of aryl methyl sites for hydroxylation is 2. The normalized spacial score (nSPS) is 10.7. The molecule has 0 spiro atoms. The summed E-state index contributed by atoms with van der Waals surface area (Å²) in [6, 6.07) is 6.89. The maximum atomic E-state index is 12.3. The number of Topliss-reactive ketones (excluding diaryl/α,β-unsaturated/α-hetero) is 1. The number of carbonyl (C=O) groups is 1. The van der Waals surface area contributed by atoms with Crippen LogP contribution in [0.15, 0.2) is 29.1 Å². The Kier molecular flexibility index (Phi) is 3.42. The summed E-state index contributed by atoms with van der Waals surface area (Å²) in [6.07, 6.45) is 0. The fraction of sp³-hybridized carbons (Fsp3) is 0.333. The Morgan fingerprint density at radius 1 is 1.16 bits per heavy atom. The van der Waals surface area contributed by atoms with Gasteiger partial charge in [-0.2, -0.15) is 0 Å². The van der Waals surface area contributed by atoms with Crippen LogP contribution in [0.5, 0.6) is 0 Å². The van der Waals surface area contributed by atoms with Crippen molar-refractivity contribution in [2.24, 2.45) is 7.05 Å². The Bertz CT molecular complexity index is 693. The van der Waals surface area contributed by atoms with Crippen molar-refractivity contribution in [2.45, 2.75) is 27.3 Å². The van der Waals surface area contributed by atoms with Gasteiger partial charge in [-0.3, -0.25) is 9.59 Å². The Morgan fingerprint density at radius 2 is 1.84 bits per heavy atom. The van der Waals surface area contributed by atoms with Gasteiger partial charge in [-0.15, -0.1) is 0 Å². The maximum absolute atomic E-state index is 12.3. The van der Waals surface area contributed by atoms with Crippen LogP contribution in [-0.2, 0) is 13.6 Å². The van der Waals surface area contributed by atoms with Gasteiger partial charge in [-0.1, -0.05) is 6.07 Å². The Morgan fingerprint density at radius 3 is 2.37 bits per heavy atom. The number of carbonyl (C=O) groups excluding carboxylic acids is 1. The zero-order chi connectivity index (χ0) is 14.2. The number of pyridine rings is 1. The molecule has 0 N–H and O–H groups in total. The Balaban J connectivity index is 2.36. The largest absolute Gasteiger partial charge is 0.351 e. The summed E-state index contributed by atoms with van der Waals surface area (Å²) in [5.74, 6) is -0.0300. The monoisotopic (exact) mass is 258 g/mol. The van der Waals surface area contributed by atoms with E-state index in [2.05, 4.69) is 0 Å². The molecule has 2 aromatic rings. The molecule has 0 fully saturated rings. The van der Waals surface area contributed by atoms with Crippen LogP contribution in [0.1, 0.15) is 27.4 Å². The van der Waals surface area contributed by atoms with E-state index in [9.17, 15) is 9.59 Å². The first-order valence-corrected chi connectivity index (χ1v) is 6.24. The van der Waals surface area contributed by atoms with Crippen LogP contribution in [0.25, 0.3) is 0 Å². The van der Waals surface area contributed by atoms with Gasteiger partial charge in [-0.05, 0) is 32.9 Å². The van der Waals surface area contributed by atoms with Crippen molar-refractivity contribution in [3.05, 3.63) is 57.3 Å². The lowest BCUT2D eigenvalue weighted by Crippen LogP contribution is -2.25. The molecule has 4 heteroatoms. The standard InChI is InChI=1S/C15H18N2O2/c1-10-6-5-7-15(19)17(10)9-14(18)13-8-11(2)16(4)12(13)3/h5-8H,9H2,1-4H3. The molecule has 2 aromatic heterocycles. The molecule has 0 aliphatic rings. The van der Waals surface area contributed by atoms with Gasteiger partial charge in [-0.25, -0.2) is 0 Å². The van der Waals surface area contributed by atoms with Crippen molar-refractivity contribution in [1.29, 1.82) is 0 Å². The third-order valence-corrected chi connectivity index (χ3v) is 3.65. The molecular formula is C15H18N2O2. The van der Waals surface area contributed by atoms with Gasteiger partial charge >= 0.3 is 0 Å². The van der Waals surface area contributed by atoms with Gasteiger partial charge in [0.2, 0.25) is 0 Å². The predicted octanol–water partition coefficient (Wildman–Crippen LogP) is 1.99. The molecule has 2 heterocycles. The lowest BCUT2D eigenvalue weighted by Gasteiger charge is -2.08. The van der Waals surface area contributed by atoms with Crippen molar-refractivity contribution in [2.75, 3.05) is 0 Å². The molecule has 0 atom stereocenters. The lowest BCUT2D eigenvalue weighted by molar-refractivity contribution is 0.0969. The minimum absolute atomic E-state index is 0.0300. The molecule has 2 rings (SSSR count). The highest BCUT2D eigenvalue weighted by Gasteiger charge is 2.15. The number of hydrogen-bond donors (Lipinski definition) is 0. The number of rotatable bonds is 3. The molecule has 100 valence electrons. The van der Waals surface area contributed by atoms with Crippen molar-refractivity contribution in [3.63, 3.8) is 0 Å². The second-order valence-electron chi connectivity index (χ2n) is 4.86. The zero-order valence-electron chi connectivity index (χ0n) is 11.7. The smallest absolute Gasteiger partial charge is 0.251 e. The van der Waals surface area contributed by atoms with Crippen LogP contribution >= 0.6 is 0 Å². The van der Waals surface area contributed by atoms with E-state index in [-0.39, 0.29) is 17.9 Å². The number of nitrogens with zero attached hydrogens (tertiary/aromatic N) is 2. The fourth-order valence-electron chi connectivity index (χ4n) is 2.19. The molecular weight excluding hydrogens is 240 g/mol. The molecule has 0 saturated carbocycles. The average Bonchev–Trinajstić information content (AvgIpc) is 2.62. The van der Waals surface area contributed by atoms with Crippen LogP contribution in [0.3, 0.4) is 0 Å². The van der Waals surface area contributed by atoms with Gasteiger partial charge in [0.1, 0.15) is 0 Å². The van der Waals surface area contributed by atoms with Crippen LogP contribution < -0.4 is 5.56 Å². The Hall–Kier alpha value is -2.10. The Labute approximate surface area is 112 Å². The van der Waals surface area contributed by atoms with E-state index in [1.54, 1.807) is 6.07 Å². The van der Waals surface area contributed by atoms with Gasteiger partial charge in [0.15, 0.2) is 5.78 Å². The first-order chi connectivity index (χ1) is 8.91. The van der Waals surface area contributed by atoms with Crippen LogP contribution in [-0.4, -0.2) is 14.9 Å². The minimum atomic E-state index is -0.140. The summed E-state index contributed by atoms with van der Waals surface area (Å²) < 4.78 is 3.48. The van der Waals surface area contributed by atoms with Crippen LogP contribution in [0.4, 0.5) is 0 Å². The molecule has 0 aromatic carbocycles. The highest BCUT2D eigenvalue weighted by atomic mass is 16.1. The average molecular weight is 258 g/mol. The second kappa shape index (κ2) is 4.88. The first-order valence-electron chi connectivity index (χ1n) is 6.24. The van der Waals surface area contributed by atoms with Gasteiger partial charge < -0.3 is 9.13 Å². The SMILES string of the molecule is Cc1cc(C(=O)Cn2c(C)cccc2=O)c(C)n1C. The number of ketones is 1. The molecule has 0 aliphatic carbocycles. The summed E-state index contributed by atoms with van der Waals surface area (Å²) in [5.41, 5.74) is 3.32. The third kappa shape index (κ3) is 2.38. The zero-order valence-corrected chi connectivity index (χ0v) is 11.7. The first kappa shape index (κ1) is 13.3. The predicted molar refractivity (Wildman–Crippen MR) is 74.7 cm³/mol. The van der Waals surface area contributed by atoms with Crippen molar-refractivity contribution in [1.82, 2.24) is 9.13 Å². The summed E-state index contributed by atoms with van der Waals surface area (Å²) >= 11 is 0. The van der Waals surface area contributed by atoms with E-state index in [1.165, 1.54) is 10.6 Å². The van der Waals surface area contributed by atoms with E-state index in [0.29, 0.717) is 5.56 Å². The molecule has 0 radical (unpaired) electrons. The third-order valence-electron chi connectivity index (χ3n) is 3.65. The maximum Gasteiger partial charge on any atom is 0.251 e. The molecule has 4 nitrogen and oxygen atoms in total. The molecule has 0 aliphatic heterocycles. The van der Waals surface area contributed by atoms with E-state index in [0.717, 1.165) is 17.1 Å². The highest BCUT2D eigenvalue weighted by molar-refractivity contribution is 5.97. The second-order valence-corrected chi connectivity index (χ2v) is 4.86. The minimum Gasteiger partial charge on any atom is -0.351 e. The van der Waals surface area contributed by atoms with E-state index in [4.69, 9.17) is 0 Å². The molecule has 0 bridgehead atoms. The van der Waals surface area contributed by atoms with Crippen molar-refractivity contribution in [3.8, 4) is 0 Å². The summed E-state index contributed by atoms with van der Waals surface area (Å²) in [7, 11) is 1.93. The van der Waals surface area contributed by atoms with E-state index < -0.39 is 0 Å². The summed E-state index contributed by atoms with van der Waals surface area (Å²) in [6.45, 7) is 5.80. The van der Waals surface area contributed by atoms with Gasteiger partial charge in [0.25, 0.3) is 5.56 Å². The quantitative estimate of drug-likeness (QED) is 0.790. The highest BCUT2D eigenvalue weighted by Crippen LogP contribution is 2.14. The topological polar surface area (TPSA) is 44.0 Å². The number of aromatic nitrogens is 2. The molecule has 0 amide bonds. The van der Waals surface area contributed by atoms with Gasteiger partial charge in [0, 0.05) is 35.8 Å². The summed E-state index contributed by atoms with van der Waals surface area (Å²) in [5, 5.41) is 0.